The van der Waals surface area contributed by atoms with E-state index in [9.17, 15) is 31.5 Å². The number of rotatable bonds is 6. The predicted octanol–water partition coefficient (Wildman–Crippen LogP) is 2.83. The van der Waals surface area contributed by atoms with E-state index in [-0.39, 0.29) is 5.69 Å². The minimum absolute atomic E-state index is 0.346. The molecule has 0 aliphatic rings. The summed E-state index contributed by atoms with van der Waals surface area (Å²) in [5, 5.41) is 3.26. The Morgan fingerprint density at radius 3 is 1.96 bits per heavy atom. The van der Waals surface area contributed by atoms with Crippen LogP contribution < -0.4 is 15.4 Å². The molecule has 1 aromatic carbocycles. The number of alkyl halides is 6. The molecule has 0 saturated carbocycles. The fraction of sp³-hybridized carbons (Fsp3) is 0.385. The average Bonchev–Trinajstić information content (AvgIpc) is 2.44. The second kappa shape index (κ2) is 7.30. The number of benzene rings is 1. The molecule has 25 heavy (non-hydrogen) atoms. The molecule has 0 heterocycles. The van der Waals surface area contributed by atoms with Crippen LogP contribution in [0, 0.1) is 0 Å². The number of halogens is 6. The molecule has 0 radical (unpaired) electrons. The van der Waals surface area contributed by atoms with E-state index in [1.165, 1.54) is 5.32 Å². The summed E-state index contributed by atoms with van der Waals surface area (Å²) >= 11 is 4.56. The van der Waals surface area contributed by atoms with Gasteiger partial charge in [0.05, 0.1) is 7.11 Å². The van der Waals surface area contributed by atoms with Crippen LogP contribution in [-0.4, -0.2) is 36.4 Å². The Morgan fingerprint density at radius 2 is 1.60 bits per heavy atom. The zero-order chi connectivity index (χ0) is 19.5. The van der Waals surface area contributed by atoms with Crippen LogP contribution in [0.25, 0.3) is 0 Å². The van der Waals surface area contributed by atoms with Crippen molar-refractivity contribution in [3.05, 3.63) is 24.3 Å². The largest absolute Gasteiger partial charge is 0.487 e. The van der Waals surface area contributed by atoms with Gasteiger partial charge in [-0.15, -0.1) is 8.78 Å². The summed E-state index contributed by atoms with van der Waals surface area (Å²) < 4.78 is 73.5. The van der Waals surface area contributed by atoms with Crippen molar-refractivity contribution in [1.29, 1.82) is 0 Å². The lowest BCUT2D eigenvalue weighted by atomic mass is 10.1. The van der Waals surface area contributed by atoms with Crippen molar-refractivity contribution >= 4 is 29.2 Å². The fourth-order valence-electron chi connectivity index (χ4n) is 1.76. The van der Waals surface area contributed by atoms with E-state index in [0.29, 0.717) is 7.11 Å². The van der Waals surface area contributed by atoms with Crippen molar-refractivity contribution in [3.8, 4) is 5.75 Å². The van der Waals surface area contributed by atoms with Gasteiger partial charge in [-0.25, -0.2) is 4.79 Å². The van der Waals surface area contributed by atoms with Crippen LogP contribution in [0.2, 0.25) is 0 Å². The number of amides is 1. The van der Waals surface area contributed by atoms with E-state index in [0.717, 1.165) is 31.2 Å². The Morgan fingerprint density at radius 1 is 1.08 bits per heavy atom. The first-order valence-electron chi connectivity index (χ1n) is 6.38. The molecule has 2 N–H and O–H groups in total. The number of anilines is 1. The van der Waals surface area contributed by atoms with Crippen LogP contribution in [-0.2, 0) is 14.3 Å². The fourth-order valence-corrected chi connectivity index (χ4v) is 1.85. The molecule has 0 aliphatic carbocycles. The van der Waals surface area contributed by atoms with E-state index >= 15 is 0 Å². The minimum Gasteiger partial charge on any atom is -0.466 e. The van der Waals surface area contributed by atoms with Crippen LogP contribution in [0.4, 0.5) is 27.6 Å². The van der Waals surface area contributed by atoms with Gasteiger partial charge in [0.1, 0.15) is 5.75 Å². The number of nitrogens with one attached hydrogen (secondary N) is 2. The van der Waals surface area contributed by atoms with Crippen molar-refractivity contribution in [2.24, 2.45) is 0 Å². The first-order valence-corrected chi connectivity index (χ1v) is 6.76. The quantitative estimate of drug-likeness (QED) is 0.338. The van der Waals surface area contributed by atoms with E-state index < -0.39 is 35.0 Å². The molecule has 140 valence electrons. The lowest BCUT2D eigenvalue weighted by molar-refractivity contribution is -0.206. The molecule has 1 unspecified atom stereocenters. The molecule has 0 saturated heterocycles. The molecular weight excluding hydrogens is 379 g/mol. The van der Waals surface area contributed by atoms with Gasteiger partial charge in [-0.1, -0.05) is 0 Å². The summed E-state index contributed by atoms with van der Waals surface area (Å²) in [7, 11) is 0.700. The highest BCUT2D eigenvalue weighted by Gasteiger charge is 2.63. The molecule has 6 nitrogen and oxygen atoms in total. The third-order valence-corrected chi connectivity index (χ3v) is 2.78. The molecular formula is C13H12ClF5N2O4. The van der Waals surface area contributed by atoms with Crippen LogP contribution in [0.15, 0.2) is 24.3 Å². The number of carbonyl (C=O) groups is 2. The van der Waals surface area contributed by atoms with Crippen molar-refractivity contribution in [2.75, 3.05) is 12.4 Å². The summed E-state index contributed by atoms with van der Waals surface area (Å²) in [5.74, 6) is -3.44. The maximum absolute atomic E-state index is 13.4. The SMILES string of the molecule is COC(=O)C(NC(C)=O)(Nc1ccc(OC(F)(F)Cl)cc1)C(F)(F)F. The first-order chi connectivity index (χ1) is 11.3. The topological polar surface area (TPSA) is 76.7 Å². The van der Waals surface area contributed by atoms with Gasteiger partial charge in [0.25, 0.3) is 0 Å². The monoisotopic (exact) mass is 390 g/mol. The van der Waals surface area contributed by atoms with Crippen molar-refractivity contribution < 1.29 is 41.0 Å². The van der Waals surface area contributed by atoms with E-state index in [4.69, 9.17) is 0 Å². The minimum atomic E-state index is -5.29. The highest BCUT2D eigenvalue weighted by molar-refractivity contribution is 6.20. The Kier molecular flexibility index (Phi) is 6.05. The number of methoxy groups -OCH3 is 1. The summed E-state index contributed by atoms with van der Waals surface area (Å²) in [6.45, 7) is 0.768. The van der Waals surface area contributed by atoms with Gasteiger partial charge in [0.2, 0.25) is 5.91 Å². The molecule has 12 heteroatoms. The van der Waals surface area contributed by atoms with Crippen LogP contribution in [0.5, 0.6) is 5.75 Å². The van der Waals surface area contributed by atoms with Crippen LogP contribution >= 0.6 is 11.6 Å². The van der Waals surface area contributed by atoms with Gasteiger partial charge < -0.3 is 20.1 Å². The normalized spacial score (nSPS) is 14.2. The van der Waals surface area contributed by atoms with E-state index in [1.54, 1.807) is 5.32 Å². The van der Waals surface area contributed by atoms with Gasteiger partial charge in [-0.2, -0.15) is 13.2 Å². The molecule has 1 amide bonds. The number of ether oxygens (including phenoxy) is 2. The zero-order valence-electron chi connectivity index (χ0n) is 12.7. The van der Waals surface area contributed by atoms with E-state index in [1.807, 2.05) is 0 Å². The van der Waals surface area contributed by atoms with Gasteiger partial charge in [-0.3, -0.25) is 4.79 Å². The maximum atomic E-state index is 13.4. The summed E-state index contributed by atoms with van der Waals surface area (Å²) in [6.07, 6.45) is -5.29. The van der Waals surface area contributed by atoms with Crippen molar-refractivity contribution in [3.63, 3.8) is 0 Å². The van der Waals surface area contributed by atoms with Crippen LogP contribution in [0.3, 0.4) is 0 Å². The second-order valence-electron chi connectivity index (χ2n) is 4.62. The van der Waals surface area contributed by atoms with Crippen LogP contribution in [0.1, 0.15) is 6.92 Å². The third kappa shape index (κ3) is 5.34. The second-order valence-corrected chi connectivity index (χ2v) is 5.06. The Balaban J connectivity index is 3.21. The van der Waals surface area contributed by atoms with Crippen molar-refractivity contribution in [1.82, 2.24) is 5.32 Å². The van der Waals surface area contributed by atoms with Gasteiger partial charge in [-0.05, 0) is 24.3 Å². The smallest absolute Gasteiger partial charge is 0.466 e. The molecule has 0 aliphatic heterocycles. The van der Waals surface area contributed by atoms with E-state index in [2.05, 4.69) is 21.1 Å². The third-order valence-electron chi connectivity index (χ3n) is 2.70. The average molecular weight is 391 g/mol. The van der Waals surface area contributed by atoms with Crippen molar-refractivity contribution in [2.45, 2.75) is 24.3 Å². The summed E-state index contributed by atoms with van der Waals surface area (Å²) in [5.41, 5.74) is -7.93. The standard InChI is InChI=1S/C13H12ClF5N2O4/c1-7(22)20-11(10(23)24-2,12(15,16)17)21-8-3-5-9(6-4-8)25-13(14,18)19/h3-6,21H,1-2H3,(H,20,22). The predicted molar refractivity (Wildman–Crippen MR) is 76.1 cm³/mol. The zero-order valence-corrected chi connectivity index (χ0v) is 13.5. The molecule has 1 aromatic rings. The summed E-state index contributed by atoms with van der Waals surface area (Å²) in [4.78, 5) is 22.9. The number of hydrogen-bond donors (Lipinski definition) is 2. The highest BCUT2D eigenvalue weighted by Crippen LogP contribution is 2.34. The number of esters is 1. The number of carbonyl (C=O) groups excluding carboxylic acids is 2. The lowest BCUT2D eigenvalue weighted by Gasteiger charge is -2.34. The van der Waals surface area contributed by atoms with Gasteiger partial charge in [0, 0.05) is 24.2 Å². The lowest BCUT2D eigenvalue weighted by Crippen LogP contribution is -2.69. The van der Waals surface area contributed by atoms with Gasteiger partial charge in [0.15, 0.2) is 0 Å². The Labute approximate surface area is 143 Å². The molecule has 1 atom stereocenters. The first kappa shape index (κ1) is 20.7. The van der Waals surface area contributed by atoms with Gasteiger partial charge >= 0.3 is 23.4 Å². The number of hydrogen-bond acceptors (Lipinski definition) is 5. The Hall–Kier alpha value is -2.30. The Bertz CT molecular complexity index is 633. The molecule has 0 spiro atoms. The molecule has 0 fully saturated rings. The molecule has 0 bridgehead atoms. The maximum Gasteiger partial charge on any atom is 0.487 e. The highest BCUT2D eigenvalue weighted by atomic mass is 35.5. The molecule has 0 aromatic heterocycles. The summed E-state index contributed by atoms with van der Waals surface area (Å²) in [6, 6.07) is 3.57. The molecule has 1 rings (SSSR count).